The van der Waals surface area contributed by atoms with Crippen LogP contribution in [-0.2, 0) is 9.47 Å². The highest BCUT2D eigenvalue weighted by Crippen LogP contribution is 2.36. The molecule has 2 fully saturated rings. The molecule has 2 saturated heterocycles. The van der Waals surface area contributed by atoms with Gasteiger partial charge in [-0.2, -0.15) is 23.5 Å². The summed E-state index contributed by atoms with van der Waals surface area (Å²) in [7, 11) is 0. The summed E-state index contributed by atoms with van der Waals surface area (Å²) in [6, 6.07) is 0. The summed E-state index contributed by atoms with van der Waals surface area (Å²) in [5, 5.41) is 0. The Kier molecular flexibility index (Phi) is 6.70. The lowest BCUT2D eigenvalue weighted by Crippen LogP contribution is -2.53. The van der Waals surface area contributed by atoms with Crippen LogP contribution in [0.1, 0.15) is 39.0 Å². The fourth-order valence-electron chi connectivity index (χ4n) is 2.72. The molecule has 2 aliphatic heterocycles. The van der Waals surface area contributed by atoms with E-state index in [1.54, 1.807) is 0 Å². The molecule has 2 unspecified atom stereocenters. The lowest BCUT2D eigenvalue weighted by Gasteiger charge is -2.44. The molecule has 2 nitrogen and oxygen atoms in total. The fraction of sp³-hybridized carbons (Fsp3) is 1.00. The first-order chi connectivity index (χ1) is 8.87. The van der Waals surface area contributed by atoms with Crippen molar-refractivity contribution < 1.29 is 9.47 Å². The third-order valence-corrected chi connectivity index (χ3v) is 5.96. The molecule has 18 heavy (non-hydrogen) atoms. The molecule has 0 amide bonds. The summed E-state index contributed by atoms with van der Waals surface area (Å²) in [5.74, 6) is 4.55. The van der Waals surface area contributed by atoms with Gasteiger partial charge in [-0.1, -0.05) is 32.6 Å². The van der Waals surface area contributed by atoms with Gasteiger partial charge in [-0.05, 0) is 6.42 Å². The molecule has 0 bridgehead atoms. The highest BCUT2D eigenvalue weighted by atomic mass is 32.2. The Morgan fingerprint density at radius 1 is 1.11 bits per heavy atom. The van der Waals surface area contributed by atoms with E-state index < -0.39 is 0 Å². The molecule has 0 aromatic heterocycles. The minimum Gasteiger partial charge on any atom is -0.373 e. The maximum atomic E-state index is 6.23. The lowest BCUT2D eigenvalue weighted by molar-refractivity contribution is -0.128. The summed E-state index contributed by atoms with van der Waals surface area (Å²) in [5.41, 5.74) is 0.0179. The fourth-order valence-corrected chi connectivity index (χ4v) is 4.82. The molecule has 2 aliphatic rings. The van der Waals surface area contributed by atoms with Crippen LogP contribution in [0.2, 0.25) is 0 Å². The van der Waals surface area contributed by atoms with Gasteiger partial charge >= 0.3 is 0 Å². The molecule has 0 aromatic carbocycles. The molecule has 106 valence electrons. The van der Waals surface area contributed by atoms with Crippen LogP contribution in [-0.4, -0.2) is 47.9 Å². The van der Waals surface area contributed by atoms with Crippen LogP contribution >= 0.6 is 23.5 Å². The van der Waals surface area contributed by atoms with Crippen molar-refractivity contribution in [2.24, 2.45) is 0 Å². The zero-order valence-corrected chi connectivity index (χ0v) is 13.1. The molecular formula is C14H26O2S2. The maximum absolute atomic E-state index is 6.23. The van der Waals surface area contributed by atoms with Gasteiger partial charge in [0.2, 0.25) is 0 Å². The Labute approximate surface area is 120 Å². The molecule has 2 atom stereocenters. The van der Waals surface area contributed by atoms with Gasteiger partial charge in [0.25, 0.3) is 0 Å². The highest BCUT2D eigenvalue weighted by Gasteiger charge is 2.42. The van der Waals surface area contributed by atoms with E-state index in [2.05, 4.69) is 6.92 Å². The van der Waals surface area contributed by atoms with Crippen molar-refractivity contribution in [3.63, 3.8) is 0 Å². The summed E-state index contributed by atoms with van der Waals surface area (Å²) >= 11 is 4.07. The summed E-state index contributed by atoms with van der Waals surface area (Å²) < 4.78 is 12.2. The van der Waals surface area contributed by atoms with Crippen LogP contribution in [0.4, 0.5) is 0 Å². The number of ether oxygens (including phenoxy) is 2. The van der Waals surface area contributed by atoms with Gasteiger partial charge < -0.3 is 9.47 Å². The molecule has 0 saturated carbocycles. The standard InChI is InChI=1S/C14H26O2S2/c1-2-3-4-5-6-14(12-18-10-8-16-14)13-11-17-9-7-15-13/h13H,2-12H2,1H3. The maximum Gasteiger partial charge on any atom is 0.104 e. The minimum absolute atomic E-state index is 0.0179. The van der Waals surface area contributed by atoms with Crippen LogP contribution in [0.25, 0.3) is 0 Å². The van der Waals surface area contributed by atoms with Crippen LogP contribution < -0.4 is 0 Å². The number of hydrogen-bond acceptors (Lipinski definition) is 4. The zero-order chi connectivity index (χ0) is 12.7. The molecular weight excluding hydrogens is 264 g/mol. The highest BCUT2D eigenvalue weighted by molar-refractivity contribution is 7.99. The van der Waals surface area contributed by atoms with E-state index in [9.17, 15) is 0 Å². The van der Waals surface area contributed by atoms with E-state index in [1.165, 1.54) is 32.1 Å². The van der Waals surface area contributed by atoms with Crippen molar-refractivity contribution in [3.05, 3.63) is 0 Å². The van der Waals surface area contributed by atoms with E-state index >= 15 is 0 Å². The average Bonchev–Trinajstić information content (AvgIpc) is 2.46. The second-order valence-corrected chi connectivity index (χ2v) is 7.47. The smallest absolute Gasteiger partial charge is 0.104 e. The van der Waals surface area contributed by atoms with E-state index in [0.717, 1.165) is 36.2 Å². The van der Waals surface area contributed by atoms with Crippen molar-refractivity contribution in [1.29, 1.82) is 0 Å². The molecule has 0 spiro atoms. The van der Waals surface area contributed by atoms with Gasteiger partial charge in [-0.15, -0.1) is 0 Å². The number of thioether (sulfide) groups is 2. The first-order valence-corrected chi connectivity index (χ1v) is 9.59. The van der Waals surface area contributed by atoms with Gasteiger partial charge in [-0.25, -0.2) is 0 Å². The third kappa shape index (κ3) is 4.06. The van der Waals surface area contributed by atoms with Crippen LogP contribution in [0.5, 0.6) is 0 Å². The Morgan fingerprint density at radius 2 is 2.00 bits per heavy atom. The van der Waals surface area contributed by atoms with Crippen molar-refractivity contribution in [2.75, 3.05) is 36.2 Å². The second-order valence-electron chi connectivity index (χ2n) is 5.21. The molecule has 0 radical (unpaired) electrons. The summed E-state index contributed by atoms with van der Waals surface area (Å²) in [6.45, 7) is 4.08. The van der Waals surface area contributed by atoms with E-state index in [-0.39, 0.29) is 5.60 Å². The largest absolute Gasteiger partial charge is 0.373 e. The molecule has 2 rings (SSSR count). The number of unbranched alkanes of at least 4 members (excludes halogenated alkanes) is 3. The molecule has 4 heteroatoms. The van der Waals surface area contributed by atoms with Crippen molar-refractivity contribution in [1.82, 2.24) is 0 Å². The Hall–Kier alpha value is 0.620. The number of hydrogen-bond donors (Lipinski definition) is 0. The topological polar surface area (TPSA) is 18.5 Å². The quantitative estimate of drug-likeness (QED) is 0.696. The average molecular weight is 290 g/mol. The summed E-state index contributed by atoms with van der Waals surface area (Å²) in [4.78, 5) is 0. The zero-order valence-electron chi connectivity index (χ0n) is 11.5. The number of rotatable bonds is 6. The lowest BCUT2D eigenvalue weighted by atomic mass is 9.91. The van der Waals surface area contributed by atoms with Gasteiger partial charge in [0.05, 0.1) is 19.3 Å². The van der Waals surface area contributed by atoms with Gasteiger partial charge in [0.15, 0.2) is 0 Å². The molecule has 0 aromatic rings. The van der Waals surface area contributed by atoms with E-state index in [0.29, 0.717) is 6.10 Å². The normalized spacial score (nSPS) is 33.5. The van der Waals surface area contributed by atoms with Crippen LogP contribution in [0.3, 0.4) is 0 Å². The molecule has 0 N–H and O–H groups in total. The molecule has 2 heterocycles. The predicted octanol–water partition coefficient (Wildman–Crippen LogP) is 3.59. The van der Waals surface area contributed by atoms with Crippen LogP contribution in [0.15, 0.2) is 0 Å². The van der Waals surface area contributed by atoms with Crippen molar-refractivity contribution >= 4 is 23.5 Å². The van der Waals surface area contributed by atoms with Gasteiger partial charge in [0, 0.05) is 23.0 Å². The van der Waals surface area contributed by atoms with E-state index in [4.69, 9.17) is 9.47 Å². The Balaban J connectivity index is 1.88. The molecule has 0 aliphatic carbocycles. The second kappa shape index (κ2) is 8.03. The Morgan fingerprint density at radius 3 is 2.67 bits per heavy atom. The summed E-state index contributed by atoms with van der Waals surface area (Å²) in [6.07, 6.45) is 6.80. The van der Waals surface area contributed by atoms with Crippen LogP contribution in [0, 0.1) is 0 Å². The first-order valence-electron chi connectivity index (χ1n) is 7.28. The predicted molar refractivity (Wildman–Crippen MR) is 81.8 cm³/mol. The van der Waals surface area contributed by atoms with Crippen molar-refractivity contribution in [3.8, 4) is 0 Å². The minimum atomic E-state index is 0.0179. The van der Waals surface area contributed by atoms with Crippen molar-refractivity contribution in [2.45, 2.75) is 50.7 Å². The van der Waals surface area contributed by atoms with Gasteiger partial charge in [-0.3, -0.25) is 0 Å². The Bertz CT molecular complexity index is 224. The first kappa shape index (κ1) is 15.0. The van der Waals surface area contributed by atoms with E-state index in [1.807, 2.05) is 23.5 Å². The monoisotopic (exact) mass is 290 g/mol. The third-order valence-electron chi connectivity index (χ3n) is 3.82. The SMILES string of the molecule is CCCCCCC1(C2CSCCO2)CSCCO1. The van der Waals surface area contributed by atoms with Gasteiger partial charge in [0.1, 0.15) is 5.60 Å².